The van der Waals surface area contributed by atoms with Crippen LogP contribution in [0.1, 0.15) is 0 Å². The Morgan fingerprint density at radius 3 is 1.97 bits per heavy atom. The third-order valence-corrected chi connectivity index (χ3v) is 6.91. The fourth-order valence-electron chi connectivity index (χ4n) is 3.51. The van der Waals surface area contributed by atoms with Crippen LogP contribution in [0, 0.1) is 0 Å². The molecule has 1 aromatic heterocycles. The van der Waals surface area contributed by atoms with E-state index >= 15 is 0 Å². The predicted octanol–water partition coefficient (Wildman–Crippen LogP) is 6.33. The van der Waals surface area contributed by atoms with Gasteiger partial charge >= 0.3 is 0 Å². The number of pyridine rings is 1. The minimum Gasteiger partial charge on any atom is -0.464 e. The van der Waals surface area contributed by atoms with Crippen molar-refractivity contribution in [3.05, 3.63) is 121 Å². The Kier molecular flexibility index (Phi) is 5.25. The van der Waals surface area contributed by atoms with Gasteiger partial charge < -0.3 is 4.52 Å². The fourth-order valence-corrected chi connectivity index (χ4v) is 5.21. The van der Waals surface area contributed by atoms with E-state index in [1.807, 2.05) is 42.6 Å². The van der Waals surface area contributed by atoms with E-state index in [4.69, 9.17) is 4.52 Å². The van der Waals surface area contributed by atoms with Crippen LogP contribution >= 0.6 is 8.15 Å². The summed E-state index contributed by atoms with van der Waals surface area (Å²) in [5.41, 5.74) is 2.12. The summed E-state index contributed by atoms with van der Waals surface area (Å²) in [7, 11) is -0.963. The maximum absolute atomic E-state index is 6.45. The minimum atomic E-state index is -0.963. The van der Waals surface area contributed by atoms with Gasteiger partial charge in [-0.15, -0.1) is 0 Å². The highest BCUT2D eigenvalue weighted by atomic mass is 31.1. The largest absolute Gasteiger partial charge is 0.464 e. The Labute approximate surface area is 177 Å². The van der Waals surface area contributed by atoms with Crippen LogP contribution in [0.2, 0.25) is 0 Å². The Balaban J connectivity index is 1.53. The van der Waals surface area contributed by atoms with Crippen LogP contribution < -0.4 is 15.1 Å². The van der Waals surface area contributed by atoms with Gasteiger partial charge in [0.25, 0.3) is 0 Å². The molecule has 1 heterocycles. The molecule has 0 aliphatic heterocycles. The van der Waals surface area contributed by atoms with Crippen LogP contribution in [0.25, 0.3) is 22.0 Å². The second-order valence-electron chi connectivity index (χ2n) is 6.96. The summed E-state index contributed by atoms with van der Waals surface area (Å²) >= 11 is 0. The molecule has 0 radical (unpaired) electrons. The van der Waals surface area contributed by atoms with E-state index < -0.39 is 8.15 Å². The summed E-state index contributed by atoms with van der Waals surface area (Å²) in [6.07, 6.45) is 1.88. The van der Waals surface area contributed by atoms with Crippen molar-refractivity contribution >= 4 is 29.5 Å². The molecule has 1 unspecified atom stereocenters. The summed E-state index contributed by atoms with van der Waals surface area (Å²) in [6, 6.07) is 39.5. The van der Waals surface area contributed by atoms with Gasteiger partial charge in [0.15, 0.2) is 8.15 Å². The summed E-state index contributed by atoms with van der Waals surface area (Å²) in [6.45, 7) is 0. The van der Waals surface area contributed by atoms with E-state index in [9.17, 15) is 0 Å². The van der Waals surface area contributed by atoms with E-state index in [1.165, 1.54) is 21.4 Å². The molecule has 0 aliphatic carbocycles. The molecule has 0 aliphatic rings. The summed E-state index contributed by atoms with van der Waals surface area (Å²) < 4.78 is 6.45. The van der Waals surface area contributed by atoms with Crippen molar-refractivity contribution in [1.29, 1.82) is 0 Å². The summed E-state index contributed by atoms with van der Waals surface area (Å²) in [4.78, 5) is 4.65. The molecular formula is C27H20NOP. The van der Waals surface area contributed by atoms with Crippen LogP contribution in [0.3, 0.4) is 0 Å². The summed E-state index contributed by atoms with van der Waals surface area (Å²) in [5, 5.41) is 4.72. The molecule has 3 heteroatoms. The molecule has 30 heavy (non-hydrogen) atoms. The first-order chi connectivity index (χ1) is 14.9. The number of para-hydroxylation sites is 1. The Morgan fingerprint density at radius 2 is 1.20 bits per heavy atom. The van der Waals surface area contributed by atoms with Gasteiger partial charge in [0, 0.05) is 27.8 Å². The lowest BCUT2D eigenvalue weighted by Gasteiger charge is -2.19. The van der Waals surface area contributed by atoms with E-state index in [0.29, 0.717) is 0 Å². The number of hydrogen-bond acceptors (Lipinski definition) is 2. The lowest BCUT2D eigenvalue weighted by Crippen LogP contribution is -2.15. The van der Waals surface area contributed by atoms with Crippen molar-refractivity contribution in [3.8, 4) is 17.0 Å². The van der Waals surface area contributed by atoms with Crippen molar-refractivity contribution < 1.29 is 4.52 Å². The molecule has 1 atom stereocenters. The lowest BCUT2D eigenvalue weighted by molar-refractivity contribution is 0.630. The Morgan fingerprint density at radius 1 is 0.567 bits per heavy atom. The first kappa shape index (κ1) is 18.5. The van der Waals surface area contributed by atoms with Crippen molar-refractivity contribution in [2.45, 2.75) is 0 Å². The van der Waals surface area contributed by atoms with Gasteiger partial charge in [0.05, 0.1) is 5.69 Å². The van der Waals surface area contributed by atoms with E-state index in [-0.39, 0.29) is 0 Å². The van der Waals surface area contributed by atoms with Crippen molar-refractivity contribution in [2.75, 3.05) is 0 Å². The number of fused-ring (bicyclic) bond motifs is 1. The first-order valence-corrected chi connectivity index (χ1v) is 11.2. The van der Waals surface area contributed by atoms with Crippen LogP contribution in [0.4, 0.5) is 0 Å². The fraction of sp³-hybridized carbons (Fsp3) is 0. The third kappa shape index (κ3) is 3.83. The van der Waals surface area contributed by atoms with Gasteiger partial charge in [-0.2, -0.15) is 0 Å². The number of nitrogens with zero attached hydrogens (tertiary/aromatic N) is 1. The molecule has 0 amide bonds. The van der Waals surface area contributed by atoms with Gasteiger partial charge in [0.2, 0.25) is 0 Å². The number of benzene rings is 4. The molecule has 5 rings (SSSR count). The number of rotatable bonds is 5. The number of hydrogen-bond donors (Lipinski definition) is 0. The van der Waals surface area contributed by atoms with E-state index in [0.717, 1.165) is 17.0 Å². The monoisotopic (exact) mass is 405 g/mol. The van der Waals surface area contributed by atoms with E-state index in [2.05, 4.69) is 83.8 Å². The Bertz CT molecular complexity index is 1250. The van der Waals surface area contributed by atoms with Crippen molar-refractivity contribution in [3.63, 3.8) is 0 Å². The zero-order valence-electron chi connectivity index (χ0n) is 16.3. The molecule has 0 N–H and O–H groups in total. The standard InChI is InChI=1S/C27H20NOP/c1-3-10-23(11-4-1)29-30(24-12-5-2-6-13-24)25-17-15-22(16-18-25)27-26-14-8-7-9-21(26)19-20-28-27/h1-20H. The molecule has 0 bridgehead atoms. The maximum atomic E-state index is 6.45. The van der Waals surface area contributed by atoms with Gasteiger partial charge in [-0.3, -0.25) is 4.98 Å². The highest BCUT2D eigenvalue weighted by Crippen LogP contribution is 2.37. The lowest BCUT2D eigenvalue weighted by atomic mass is 10.0. The summed E-state index contributed by atoms with van der Waals surface area (Å²) in [5.74, 6) is 0.882. The van der Waals surface area contributed by atoms with Crippen LogP contribution in [0.5, 0.6) is 5.75 Å². The topological polar surface area (TPSA) is 22.1 Å². The van der Waals surface area contributed by atoms with Crippen molar-refractivity contribution in [2.24, 2.45) is 0 Å². The van der Waals surface area contributed by atoms with Crippen LogP contribution in [-0.2, 0) is 0 Å². The smallest absolute Gasteiger partial charge is 0.150 e. The molecule has 4 aromatic carbocycles. The van der Waals surface area contributed by atoms with Gasteiger partial charge in [-0.25, -0.2) is 0 Å². The van der Waals surface area contributed by atoms with Crippen molar-refractivity contribution in [1.82, 2.24) is 4.98 Å². The maximum Gasteiger partial charge on any atom is 0.150 e. The third-order valence-electron chi connectivity index (χ3n) is 4.98. The van der Waals surface area contributed by atoms with Gasteiger partial charge in [-0.05, 0) is 23.6 Å². The zero-order valence-corrected chi connectivity index (χ0v) is 17.2. The molecule has 0 saturated carbocycles. The van der Waals surface area contributed by atoms with Gasteiger partial charge in [0.1, 0.15) is 5.75 Å². The van der Waals surface area contributed by atoms with Gasteiger partial charge in [-0.1, -0.05) is 97.1 Å². The molecule has 5 aromatic rings. The molecular weight excluding hydrogens is 385 g/mol. The molecule has 0 saturated heterocycles. The number of aromatic nitrogens is 1. The highest BCUT2D eigenvalue weighted by molar-refractivity contribution is 7.68. The second-order valence-corrected chi connectivity index (χ2v) is 8.77. The average molecular weight is 405 g/mol. The highest BCUT2D eigenvalue weighted by Gasteiger charge is 2.17. The minimum absolute atomic E-state index is 0.882. The quantitative estimate of drug-likeness (QED) is 0.319. The molecule has 144 valence electrons. The molecule has 0 spiro atoms. The zero-order chi connectivity index (χ0) is 20.2. The van der Waals surface area contributed by atoms with E-state index in [1.54, 1.807) is 0 Å². The normalized spacial score (nSPS) is 11.9. The first-order valence-electron chi connectivity index (χ1n) is 9.91. The molecule has 2 nitrogen and oxygen atoms in total. The second kappa shape index (κ2) is 8.49. The average Bonchev–Trinajstić information content (AvgIpc) is 2.84. The SMILES string of the molecule is c1ccc(OP(c2ccccc2)c2ccc(-c3nccc4ccccc34)cc2)cc1. The Hall–Kier alpha value is -3.48. The van der Waals surface area contributed by atoms with Crippen LogP contribution in [0.15, 0.2) is 121 Å². The predicted molar refractivity (Wildman–Crippen MR) is 127 cm³/mol. The molecule has 0 fully saturated rings. The van der Waals surface area contributed by atoms with Crippen LogP contribution in [-0.4, -0.2) is 4.98 Å².